The summed E-state index contributed by atoms with van der Waals surface area (Å²) in [6, 6.07) is 10.8. The minimum atomic E-state index is -0.149. The molecule has 0 fully saturated rings. The molecule has 0 amide bonds. The molecule has 0 radical (unpaired) electrons. The third kappa shape index (κ3) is 4.94. The number of ether oxygens (including phenoxy) is 1. The fraction of sp³-hybridized carbons (Fsp3) is 0.263. The van der Waals surface area contributed by atoms with Gasteiger partial charge in [-0.05, 0) is 54.5 Å². The van der Waals surface area contributed by atoms with Crippen LogP contribution in [0.25, 0.3) is 11.4 Å². The van der Waals surface area contributed by atoms with Crippen molar-refractivity contribution in [3.63, 3.8) is 0 Å². The minimum Gasteiger partial charge on any atom is -0.507 e. The summed E-state index contributed by atoms with van der Waals surface area (Å²) in [5, 5.41) is 24.2. The van der Waals surface area contributed by atoms with Gasteiger partial charge < -0.3 is 9.84 Å². The van der Waals surface area contributed by atoms with Crippen LogP contribution in [0.3, 0.4) is 0 Å². The molecular formula is C19H20N4NaO3+. The molecule has 0 saturated carbocycles. The van der Waals surface area contributed by atoms with Gasteiger partial charge in [0.05, 0.1) is 5.56 Å². The van der Waals surface area contributed by atoms with Crippen molar-refractivity contribution in [2.75, 3.05) is 0 Å². The number of rotatable bonds is 7. The number of Topliss-reactive ketones (excluding diaryl/α,β-unsaturated/α-hetero) is 1. The van der Waals surface area contributed by atoms with Crippen LogP contribution in [-0.4, -0.2) is 31.5 Å². The fourth-order valence-corrected chi connectivity index (χ4v) is 2.77. The number of aromatic hydroxyl groups is 1. The van der Waals surface area contributed by atoms with Crippen molar-refractivity contribution in [3.8, 4) is 22.9 Å². The normalized spacial score (nSPS) is 10.3. The van der Waals surface area contributed by atoms with Crippen molar-refractivity contribution >= 4 is 5.78 Å². The third-order valence-corrected chi connectivity index (χ3v) is 4.11. The number of tetrazole rings is 1. The smallest absolute Gasteiger partial charge is 0.507 e. The minimum absolute atomic E-state index is 0. The Kier molecular flexibility index (Phi) is 7.53. The van der Waals surface area contributed by atoms with Gasteiger partial charge in [0.2, 0.25) is 5.82 Å². The van der Waals surface area contributed by atoms with Crippen LogP contribution >= 0.6 is 0 Å². The molecule has 1 heterocycles. The summed E-state index contributed by atoms with van der Waals surface area (Å²) in [7, 11) is 0. The van der Waals surface area contributed by atoms with Gasteiger partial charge in [-0.1, -0.05) is 19.4 Å². The summed E-state index contributed by atoms with van der Waals surface area (Å²) in [6.07, 6.45) is 1.55. The Morgan fingerprint density at radius 3 is 2.52 bits per heavy atom. The van der Waals surface area contributed by atoms with E-state index in [4.69, 9.17) is 4.74 Å². The van der Waals surface area contributed by atoms with Crippen LogP contribution in [0.1, 0.15) is 41.8 Å². The quantitative estimate of drug-likeness (QED) is 0.455. The molecule has 0 unspecified atom stereocenters. The predicted molar refractivity (Wildman–Crippen MR) is 96.1 cm³/mol. The average Bonchev–Trinajstić information content (AvgIpc) is 3.17. The molecule has 0 atom stereocenters. The number of carbonyl (C=O) groups is 1. The van der Waals surface area contributed by atoms with Gasteiger partial charge in [-0.2, -0.15) is 5.21 Å². The van der Waals surface area contributed by atoms with Gasteiger partial charge in [0.1, 0.15) is 18.1 Å². The van der Waals surface area contributed by atoms with E-state index in [-0.39, 0.29) is 41.1 Å². The molecule has 2 N–H and O–H groups in total. The number of nitrogens with zero attached hydrogens (tertiary/aromatic N) is 3. The first kappa shape index (κ1) is 21.1. The standard InChI is InChI=1S/C19H20N4O3.Na/c1-3-4-17-14(7-10-16(12(2)24)18(17)25)11-26-15-8-5-13(6-9-15)19-20-22-23-21-19;/h5-10,25H,3-4,11H2,1-2H3,(H,20,21,22,23);/q;+1. The maximum atomic E-state index is 11.6. The molecule has 7 nitrogen and oxygen atoms in total. The van der Waals surface area contributed by atoms with Crippen molar-refractivity contribution < 1.29 is 44.2 Å². The number of hydrogen-bond acceptors (Lipinski definition) is 6. The van der Waals surface area contributed by atoms with E-state index in [2.05, 4.69) is 20.6 Å². The van der Waals surface area contributed by atoms with E-state index in [1.165, 1.54) is 6.92 Å². The summed E-state index contributed by atoms with van der Waals surface area (Å²) >= 11 is 0. The second-order valence-corrected chi connectivity index (χ2v) is 5.95. The Bertz CT molecular complexity index is 896. The van der Waals surface area contributed by atoms with Crippen LogP contribution in [0.15, 0.2) is 36.4 Å². The molecule has 134 valence electrons. The number of hydrogen-bond donors (Lipinski definition) is 2. The average molecular weight is 375 g/mol. The van der Waals surface area contributed by atoms with Gasteiger partial charge in [0, 0.05) is 11.1 Å². The number of aromatic amines is 1. The van der Waals surface area contributed by atoms with Gasteiger partial charge in [0.15, 0.2) is 5.78 Å². The molecule has 0 spiro atoms. The first-order valence-electron chi connectivity index (χ1n) is 8.41. The van der Waals surface area contributed by atoms with Gasteiger partial charge in [0.25, 0.3) is 0 Å². The number of benzene rings is 2. The molecule has 3 aromatic rings. The summed E-state index contributed by atoms with van der Waals surface area (Å²) < 4.78 is 5.85. The van der Waals surface area contributed by atoms with E-state index in [9.17, 15) is 9.90 Å². The number of nitrogens with one attached hydrogen (secondary N) is 1. The second kappa shape index (κ2) is 9.64. The first-order valence-corrected chi connectivity index (χ1v) is 8.41. The van der Waals surface area contributed by atoms with Crippen LogP contribution < -0.4 is 34.3 Å². The van der Waals surface area contributed by atoms with Gasteiger partial charge in [-0.3, -0.25) is 4.79 Å². The van der Waals surface area contributed by atoms with Gasteiger partial charge in [-0.15, -0.1) is 10.2 Å². The maximum Gasteiger partial charge on any atom is 1.00 e. The Balaban J connectivity index is 0.00000261. The van der Waals surface area contributed by atoms with Crippen LogP contribution in [0.4, 0.5) is 0 Å². The SMILES string of the molecule is CCCc1c(COc2ccc(-c3nn[nH]n3)cc2)ccc(C(C)=O)c1O.[Na+]. The number of carbonyl (C=O) groups excluding carboxylic acids is 1. The number of aromatic nitrogens is 4. The summed E-state index contributed by atoms with van der Waals surface area (Å²) in [6.45, 7) is 3.79. The molecule has 8 heteroatoms. The summed E-state index contributed by atoms with van der Waals surface area (Å²) in [5.41, 5.74) is 2.82. The Morgan fingerprint density at radius 1 is 1.19 bits per heavy atom. The molecule has 0 saturated heterocycles. The molecular weight excluding hydrogens is 355 g/mol. The van der Waals surface area contributed by atoms with Crippen molar-refractivity contribution in [1.29, 1.82) is 0 Å². The first-order chi connectivity index (χ1) is 12.6. The van der Waals surface area contributed by atoms with Crippen LogP contribution in [0.2, 0.25) is 0 Å². The van der Waals surface area contributed by atoms with Crippen molar-refractivity contribution in [2.24, 2.45) is 0 Å². The summed E-state index contributed by atoms with van der Waals surface area (Å²) in [4.78, 5) is 11.6. The molecule has 3 rings (SSSR count). The van der Waals surface area contributed by atoms with E-state index in [0.717, 1.165) is 23.1 Å². The van der Waals surface area contributed by atoms with Crippen LogP contribution in [0, 0.1) is 0 Å². The molecule has 0 aliphatic heterocycles. The third-order valence-electron chi connectivity index (χ3n) is 4.11. The summed E-state index contributed by atoms with van der Waals surface area (Å²) in [5.74, 6) is 1.12. The molecule has 0 aliphatic rings. The Morgan fingerprint density at radius 2 is 1.93 bits per heavy atom. The van der Waals surface area contributed by atoms with Gasteiger partial charge >= 0.3 is 29.6 Å². The van der Waals surface area contributed by atoms with Gasteiger partial charge in [-0.25, -0.2) is 0 Å². The van der Waals surface area contributed by atoms with Crippen LogP contribution in [-0.2, 0) is 13.0 Å². The zero-order valence-electron chi connectivity index (χ0n) is 15.7. The van der Waals surface area contributed by atoms with Crippen molar-refractivity contribution in [2.45, 2.75) is 33.3 Å². The largest absolute Gasteiger partial charge is 1.00 e. The van der Waals surface area contributed by atoms with E-state index in [1.54, 1.807) is 6.07 Å². The number of phenolic OH excluding ortho intramolecular Hbond substituents is 1. The monoisotopic (exact) mass is 375 g/mol. The number of phenols is 1. The van der Waals surface area contributed by atoms with Crippen molar-refractivity contribution in [1.82, 2.24) is 20.6 Å². The molecule has 2 aromatic carbocycles. The van der Waals surface area contributed by atoms with Crippen LogP contribution in [0.5, 0.6) is 11.5 Å². The topological polar surface area (TPSA) is 101 Å². The number of H-pyrrole nitrogens is 1. The Labute approximate surface area is 179 Å². The van der Waals surface area contributed by atoms with E-state index in [0.29, 0.717) is 30.2 Å². The molecule has 0 bridgehead atoms. The van der Waals surface area contributed by atoms with E-state index >= 15 is 0 Å². The molecule has 0 aliphatic carbocycles. The van der Waals surface area contributed by atoms with E-state index < -0.39 is 0 Å². The second-order valence-electron chi connectivity index (χ2n) is 5.95. The van der Waals surface area contributed by atoms with Crippen molar-refractivity contribution in [3.05, 3.63) is 53.1 Å². The predicted octanol–water partition coefficient (Wildman–Crippen LogP) is 0.310. The molecule has 1 aromatic heterocycles. The molecule has 27 heavy (non-hydrogen) atoms. The maximum absolute atomic E-state index is 11.6. The zero-order valence-corrected chi connectivity index (χ0v) is 17.7. The Hall–Kier alpha value is -2.22. The fourth-order valence-electron chi connectivity index (χ4n) is 2.77. The van der Waals surface area contributed by atoms with E-state index in [1.807, 2.05) is 37.3 Å². The number of ketones is 1. The zero-order chi connectivity index (χ0) is 18.5.